The molecule has 0 aliphatic carbocycles. The Morgan fingerprint density at radius 2 is 0.920 bits per heavy atom. The molecule has 0 aromatic heterocycles. The van der Waals surface area contributed by atoms with Crippen molar-refractivity contribution in [2.75, 3.05) is 26.2 Å². The van der Waals surface area contributed by atoms with Gasteiger partial charge in [0.2, 0.25) is 23.6 Å². The Hall–Kier alpha value is -3.18. The summed E-state index contributed by atoms with van der Waals surface area (Å²) in [6, 6.07) is 0. The lowest BCUT2D eigenvalue weighted by atomic mass is 10.2. The van der Waals surface area contributed by atoms with Gasteiger partial charge in [0.05, 0.1) is 19.6 Å². The van der Waals surface area contributed by atoms with Gasteiger partial charge in [0.25, 0.3) is 0 Å². The van der Waals surface area contributed by atoms with Crippen LogP contribution in [-0.2, 0) is 28.8 Å². The van der Waals surface area contributed by atoms with Crippen LogP contribution in [0, 0.1) is 0 Å². The summed E-state index contributed by atoms with van der Waals surface area (Å²) in [6.45, 7) is -1.82. The molecule has 0 radical (unpaired) electrons. The lowest BCUT2D eigenvalue weighted by molar-refractivity contribution is -0.138. The fourth-order valence-corrected chi connectivity index (χ4v) is 1.39. The van der Waals surface area contributed by atoms with Crippen LogP contribution in [0.3, 0.4) is 0 Å². The summed E-state index contributed by atoms with van der Waals surface area (Å²) in [5.74, 6) is -4.75. The zero-order valence-corrected chi connectivity index (χ0v) is 13.3. The van der Waals surface area contributed by atoms with Gasteiger partial charge in [0.15, 0.2) is 0 Å². The van der Waals surface area contributed by atoms with Gasteiger partial charge in [-0.2, -0.15) is 0 Å². The number of hydrogen-bond donors (Lipinski definition) is 6. The SMILES string of the molecule is O=C(O)CCCC(=O)NCC(=O)NCC(=O)NCC(=O)NCC(=O)O. The summed E-state index contributed by atoms with van der Waals surface area (Å²) in [5, 5.41) is 25.4. The van der Waals surface area contributed by atoms with Crippen LogP contribution in [0.5, 0.6) is 0 Å². The molecule has 0 rings (SSSR count). The average molecular weight is 360 g/mol. The van der Waals surface area contributed by atoms with Crippen molar-refractivity contribution in [3.8, 4) is 0 Å². The van der Waals surface area contributed by atoms with Gasteiger partial charge in [-0.3, -0.25) is 28.8 Å². The van der Waals surface area contributed by atoms with E-state index in [1.807, 2.05) is 5.32 Å². The quantitative estimate of drug-likeness (QED) is 0.209. The van der Waals surface area contributed by atoms with Gasteiger partial charge >= 0.3 is 11.9 Å². The molecule has 0 saturated heterocycles. The maximum Gasteiger partial charge on any atom is 0.322 e. The molecule has 0 aromatic carbocycles. The first-order valence-electron chi connectivity index (χ1n) is 7.21. The van der Waals surface area contributed by atoms with Crippen molar-refractivity contribution in [1.29, 1.82) is 0 Å². The molecule has 25 heavy (non-hydrogen) atoms. The second-order valence-corrected chi connectivity index (χ2v) is 4.75. The number of carboxylic acids is 2. The van der Waals surface area contributed by atoms with Gasteiger partial charge in [0.1, 0.15) is 6.54 Å². The number of carbonyl (C=O) groups is 6. The molecule has 140 valence electrons. The standard InChI is InChI=1S/C13H20N4O8/c18-8(2-1-3-12(22)23)14-4-9(19)15-5-10(20)16-6-11(21)17-7-13(24)25/h1-7H2,(H,14,18)(H,15,19)(H,16,20)(H,17,21)(H,22,23)(H,24,25). The van der Waals surface area contributed by atoms with Gasteiger partial charge in [-0.1, -0.05) is 0 Å². The van der Waals surface area contributed by atoms with E-state index in [1.165, 1.54) is 0 Å². The zero-order chi connectivity index (χ0) is 19.2. The minimum atomic E-state index is -1.23. The van der Waals surface area contributed by atoms with Crippen LogP contribution in [0.25, 0.3) is 0 Å². The van der Waals surface area contributed by atoms with Gasteiger partial charge in [0, 0.05) is 12.8 Å². The summed E-state index contributed by atoms with van der Waals surface area (Å²) in [5.41, 5.74) is 0. The number of aliphatic carboxylic acids is 2. The predicted octanol–water partition coefficient (Wildman–Crippen LogP) is -3.21. The molecule has 0 spiro atoms. The van der Waals surface area contributed by atoms with E-state index in [1.54, 1.807) is 0 Å². The maximum atomic E-state index is 11.4. The van der Waals surface area contributed by atoms with Crippen LogP contribution in [0.4, 0.5) is 0 Å². The summed E-state index contributed by atoms with van der Waals surface area (Å²) in [6.07, 6.45) is -0.0412. The summed E-state index contributed by atoms with van der Waals surface area (Å²) in [4.78, 5) is 65.7. The fraction of sp³-hybridized carbons (Fsp3) is 0.538. The van der Waals surface area contributed by atoms with Crippen LogP contribution in [0.15, 0.2) is 0 Å². The van der Waals surface area contributed by atoms with Crippen molar-refractivity contribution in [3.63, 3.8) is 0 Å². The molecule has 12 heteroatoms. The van der Waals surface area contributed by atoms with Crippen LogP contribution in [-0.4, -0.2) is 72.0 Å². The van der Waals surface area contributed by atoms with Crippen molar-refractivity contribution in [1.82, 2.24) is 21.3 Å². The minimum Gasteiger partial charge on any atom is -0.481 e. The Labute approximate surface area is 142 Å². The molecule has 0 aliphatic heterocycles. The van der Waals surface area contributed by atoms with Gasteiger partial charge < -0.3 is 31.5 Å². The highest BCUT2D eigenvalue weighted by atomic mass is 16.4. The Morgan fingerprint density at radius 3 is 1.32 bits per heavy atom. The van der Waals surface area contributed by atoms with Crippen molar-refractivity contribution in [2.45, 2.75) is 19.3 Å². The third-order valence-electron chi connectivity index (χ3n) is 2.57. The van der Waals surface area contributed by atoms with E-state index >= 15 is 0 Å². The van der Waals surface area contributed by atoms with E-state index in [0.29, 0.717) is 0 Å². The lowest BCUT2D eigenvalue weighted by Crippen LogP contribution is -2.44. The highest BCUT2D eigenvalue weighted by Crippen LogP contribution is 1.94. The average Bonchev–Trinajstić information content (AvgIpc) is 2.53. The van der Waals surface area contributed by atoms with Crippen LogP contribution < -0.4 is 21.3 Å². The number of carboxylic acid groups (broad SMARTS) is 2. The fourth-order valence-electron chi connectivity index (χ4n) is 1.39. The molecule has 12 nitrogen and oxygen atoms in total. The zero-order valence-electron chi connectivity index (χ0n) is 13.3. The smallest absolute Gasteiger partial charge is 0.322 e. The highest BCUT2D eigenvalue weighted by molar-refractivity contribution is 5.90. The van der Waals surface area contributed by atoms with Crippen LogP contribution >= 0.6 is 0 Å². The Morgan fingerprint density at radius 1 is 0.520 bits per heavy atom. The first kappa shape index (κ1) is 21.8. The van der Waals surface area contributed by atoms with E-state index in [2.05, 4.69) is 16.0 Å². The topological polar surface area (TPSA) is 191 Å². The first-order valence-corrected chi connectivity index (χ1v) is 7.21. The van der Waals surface area contributed by atoms with E-state index in [-0.39, 0.29) is 25.8 Å². The van der Waals surface area contributed by atoms with E-state index in [4.69, 9.17) is 10.2 Å². The largest absolute Gasteiger partial charge is 0.481 e. The molecular weight excluding hydrogens is 340 g/mol. The molecule has 0 aliphatic rings. The number of nitrogens with one attached hydrogen (secondary N) is 4. The van der Waals surface area contributed by atoms with Gasteiger partial charge in [-0.25, -0.2) is 0 Å². The molecule has 4 amide bonds. The monoisotopic (exact) mass is 360 g/mol. The second kappa shape index (κ2) is 12.3. The summed E-state index contributed by atoms with van der Waals surface area (Å²) in [7, 11) is 0. The minimum absolute atomic E-state index is 0.0362. The van der Waals surface area contributed by atoms with Crippen LogP contribution in [0.2, 0.25) is 0 Å². The van der Waals surface area contributed by atoms with Crippen molar-refractivity contribution in [2.24, 2.45) is 0 Å². The van der Waals surface area contributed by atoms with E-state index in [0.717, 1.165) is 0 Å². The van der Waals surface area contributed by atoms with Crippen molar-refractivity contribution >= 4 is 35.6 Å². The number of rotatable bonds is 12. The molecule has 0 unspecified atom stereocenters. The third-order valence-corrected chi connectivity index (χ3v) is 2.57. The summed E-state index contributed by atoms with van der Waals surface area (Å²) >= 11 is 0. The normalized spacial score (nSPS) is 9.60. The van der Waals surface area contributed by atoms with Gasteiger partial charge in [-0.05, 0) is 6.42 Å². The lowest BCUT2D eigenvalue weighted by Gasteiger charge is -2.08. The van der Waals surface area contributed by atoms with Crippen LogP contribution in [0.1, 0.15) is 19.3 Å². The molecule has 6 N–H and O–H groups in total. The number of hydrogen-bond acceptors (Lipinski definition) is 6. The number of amides is 4. The predicted molar refractivity (Wildman–Crippen MR) is 81.2 cm³/mol. The van der Waals surface area contributed by atoms with E-state index in [9.17, 15) is 28.8 Å². The first-order chi connectivity index (χ1) is 11.7. The Kier molecular flexibility index (Phi) is 10.7. The molecule has 0 fully saturated rings. The highest BCUT2D eigenvalue weighted by Gasteiger charge is 2.10. The number of carbonyl (C=O) groups excluding carboxylic acids is 4. The molecule has 0 saturated carbocycles. The van der Waals surface area contributed by atoms with Crippen molar-refractivity contribution in [3.05, 3.63) is 0 Å². The maximum absolute atomic E-state index is 11.4. The van der Waals surface area contributed by atoms with Gasteiger partial charge in [-0.15, -0.1) is 0 Å². The Balaban J connectivity index is 3.78. The molecule has 0 heterocycles. The van der Waals surface area contributed by atoms with Crippen molar-refractivity contribution < 1.29 is 39.0 Å². The Bertz CT molecular complexity index is 534. The summed E-state index contributed by atoms with van der Waals surface area (Å²) < 4.78 is 0. The molecule has 0 atom stereocenters. The van der Waals surface area contributed by atoms with E-state index < -0.39 is 55.2 Å². The third kappa shape index (κ3) is 14.2. The molecular formula is C13H20N4O8. The molecule has 0 bridgehead atoms. The second-order valence-electron chi connectivity index (χ2n) is 4.75. The molecule has 0 aromatic rings.